The standard InChI is InChI=1S/C16H28N2O/c1-3-14(19)18-16-8-12-4-13(9-16)7-15(6-12,10-16)5-11(2)17/h11-13H,3-10,17H2,1-2H3,(H,18,19). The molecule has 4 fully saturated rings. The SMILES string of the molecule is CCC(=O)NC12CC3CC(CC(CC(C)N)(C3)C1)C2. The lowest BCUT2D eigenvalue weighted by Gasteiger charge is -2.62. The summed E-state index contributed by atoms with van der Waals surface area (Å²) in [6, 6.07) is 0.287. The first-order valence-corrected chi connectivity index (χ1v) is 8.01. The molecule has 3 unspecified atom stereocenters. The van der Waals surface area contributed by atoms with Crippen molar-refractivity contribution in [2.45, 2.75) is 76.8 Å². The van der Waals surface area contributed by atoms with Crippen molar-refractivity contribution >= 4 is 5.91 Å². The molecule has 108 valence electrons. The summed E-state index contributed by atoms with van der Waals surface area (Å²) in [6.07, 6.45) is 9.47. The smallest absolute Gasteiger partial charge is 0.220 e. The molecule has 4 aliphatic carbocycles. The van der Waals surface area contributed by atoms with Crippen LogP contribution in [0.1, 0.15) is 65.2 Å². The van der Waals surface area contributed by atoms with E-state index in [9.17, 15) is 4.79 Å². The van der Waals surface area contributed by atoms with Crippen molar-refractivity contribution in [2.24, 2.45) is 23.0 Å². The van der Waals surface area contributed by atoms with Gasteiger partial charge in [0.25, 0.3) is 0 Å². The molecule has 0 spiro atoms. The van der Waals surface area contributed by atoms with Crippen LogP contribution < -0.4 is 11.1 Å². The van der Waals surface area contributed by atoms with Crippen molar-refractivity contribution in [3.05, 3.63) is 0 Å². The number of nitrogens with one attached hydrogen (secondary N) is 1. The topological polar surface area (TPSA) is 55.1 Å². The first-order valence-electron chi connectivity index (χ1n) is 8.01. The average molecular weight is 264 g/mol. The molecule has 0 saturated heterocycles. The summed E-state index contributed by atoms with van der Waals surface area (Å²) >= 11 is 0. The van der Waals surface area contributed by atoms with Gasteiger partial charge in [0, 0.05) is 18.0 Å². The molecule has 4 saturated carbocycles. The Morgan fingerprint density at radius 1 is 1.32 bits per heavy atom. The third-order valence-electron chi connectivity index (χ3n) is 5.66. The number of carbonyl (C=O) groups is 1. The average Bonchev–Trinajstić information content (AvgIpc) is 2.24. The van der Waals surface area contributed by atoms with E-state index in [1.54, 1.807) is 0 Å². The fourth-order valence-electron chi connectivity index (χ4n) is 5.90. The van der Waals surface area contributed by atoms with Crippen molar-refractivity contribution in [3.8, 4) is 0 Å². The fraction of sp³-hybridized carbons (Fsp3) is 0.938. The van der Waals surface area contributed by atoms with Crippen LogP contribution in [0.25, 0.3) is 0 Å². The molecule has 3 atom stereocenters. The molecular weight excluding hydrogens is 236 g/mol. The Balaban J connectivity index is 1.82. The largest absolute Gasteiger partial charge is 0.351 e. The summed E-state index contributed by atoms with van der Waals surface area (Å²) in [5, 5.41) is 3.39. The maximum absolute atomic E-state index is 11.9. The van der Waals surface area contributed by atoms with E-state index in [4.69, 9.17) is 5.73 Å². The van der Waals surface area contributed by atoms with Crippen molar-refractivity contribution in [2.75, 3.05) is 0 Å². The first-order chi connectivity index (χ1) is 8.94. The van der Waals surface area contributed by atoms with E-state index in [0.717, 1.165) is 18.3 Å². The maximum atomic E-state index is 11.9. The summed E-state index contributed by atoms with van der Waals surface area (Å²) in [5.74, 6) is 1.90. The van der Waals surface area contributed by atoms with E-state index in [1.165, 1.54) is 38.5 Å². The van der Waals surface area contributed by atoms with Crippen LogP contribution >= 0.6 is 0 Å². The summed E-state index contributed by atoms with van der Waals surface area (Å²) in [5.41, 5.74) is 6.64. The molecule has 0 aromatic heterocycles. The van der Waals surface area contributed by atoms with E-state index < -0.39 is 0 Å². The zero-order valence-electron chi connectivity index (χ0n) is 12.4. The van der Waals surface area contributed by atoms with Crippen LogP contribution in [0.3, 0.4) is 0 Å². The molecule has 19 heavy (non-hydrogen) atoms. The van der Waals surface area contributed by atoms with Gasteiger partial charge in [-0.2, -0.15) is 0 Å². The van der Waals surface area contributed by atoms with Crippen molar-refractivity contribution in [1.29, 1.82) is 0 Å². The lowest BCUT2D eigenvalue weighted by Crippen LogP contribution is -2.63. The fourth-order valence-corrected chi connectivity index (χ4v) is 5.90. The number of rotatable bonds is 4. The van der Waals surface area contributed by atoms with Crippen molar-refractivity contribution < 1.29 is 4.79 Å². The van der Waals surface area contributed by atoms with Crippen molar-refractivity contribution in [1.82, 2.24) is 5.32 Å². The van der Waals surface area contributed by atoms with Gasteiger partial charge in [-0.1, -0.05) is 6.92 Å². The molecule has 0 aromatic carbocycles. The Kier molecular flexibility index (Phi) is 3.16. The van der Waals surface area contributed by atoms with Gasteiger partial charge in [-0.3, -0.25) is 4.79 Å². The van der Waals surface area contributed by atoms with Gasteiger partial charge in [0.1, 0.15) is 0 Å². The predicted octanol–water partition coefficient (Wildman–Crippen LogP) is 2.59. The molecule has 3 N–H and O–H groups in total. The van der Waals surface area contributed by atoms with E-state index in [1.807, 2.05) is 6.92 Å². The molecule has 1 amide bonds. The zero-order valence-corrected chi connectivity index (χ0v) is 12.4. The third kappa shape index (κ3) is 2.42. The molecule has 4 bridgehead atoms. The number of amides is 1. The molecule has 0 heterocycles. The first kappa shape index (κ1) is 13.4. The van der Waals surface area contributed by atoms with Gasteiger partial charge in [-0.05, 0) is 69.1 Å². The summed E-state index contributed by atoms with van der Waals surface area (Å²) in [6.45, 7) is 4.09. The molecule has 0 radical (unpaired) electrons. The highest BCUT2D eigenvalue weighted by Crippen LogP contribution is 2.63. The minimum absolute atomic E-state index is 0.117. The van der Waals surface area contributed by atoms with Gasteiger partial charge in [0.05, 0.1) is 0 Å². The normalized spacial score (nSPS) is 45.2. The number of hydrogen-bond donors (Lipinski definition) is 2. The monoisotopic (exact) mass is 264 g/mol. The summed E-state index contributed by atoms with van der Waals surface area (Å²) < 4.78 is 0. The second-order valence-corrected chi connectivity index (χ2v) is 7.82. The van der Waals surface area contributed by atoms with Gasteiger partial charge in [-0.15, -0.1) is 0 Å². The quantitative estimate of drug-likeness (QED) is 0.820. The van der Waals surface area contributed by atoms with Crippen LogP contribution in [-0.2, 0) is 4.79 Å². The number of hydrogen-bond acceptors (Lipinski definition) is 2. The number of carbonyl (C=O) groups excluding carboxylic acids is 1. The van der Waals surface area contributed by atoms with E-state index in [-0.39, 0.29) is 17.5 Å². The number of nitrogens with two attached hydrogens (primary N) is 1. The highest BCUT2D eigenvalue weighted by atomic mass is 16.1. The summed E-state index contributed by atoms with van der Waals surface area (Å²) in [7, 11) is 0. The van der Waals surface area contributed by atoms with Crippen LogP contribution in [0, 0.1) is 17.3 Å². The van der Waals surface area contributed by atoms with Crippen LogP contribution in [-0.4, -0.2) is 17.5 Å². The maximum Gasteiger partial charge on any atom is 0.220 e. The molecule has 0 aromatic rings. The van der Waals surface area contributed by atoms with Crippen LogP contribution in [0.4, 0.5) is 0 Å². The Morgan fingerprint density at radius 3 is 2.47 bits per heavy atom. The highest BCUT2D eigenvalue weighted by molar-refractivity contribution is 5.76. The molecule has 4 aliphatic rings. The van der Waals surface area contributed by atoms with E-state index in [2.05, 4.69) is 12.2 Å². The summed E-state index contributed by atoms with van der Waals surface area (Å²) in [4.78, 5) is 11.9. The lowest BCUT2D eigenvalue weighted by molar-refractivity contribution is -0.131. The molecule has 3 heteroatoms. The Morgan fingerprint density at radius 2 is 1.95 bits per heavy atom. The molecule has 0 aliphatic heterocycles. The van der Waals surface area contributed by atoms with Gasteiger partial charge in [-0.25, -0.2) is 0 Å². The third-order valence-corrected chi connectivity index (χ3v) is 5.66. The highest BCUT2D eigenvalue weighted by Gasteiger charge is 2.57. The lowest BCUT2D eigenvalue weighted by atomic mass is 9.46. The molecule has 4 rings (SSSR count). The van der Waals surface area contributed by atoms with Crippen molar-refractivity contribution in [3.63, 3.8) is 0 Å². The second-order valence-electron chi connectivity index (χ2n) is 7.82. The predicted molar refractivity (Wildman–Crippen MR) is 76.5 cm³/mol. The van der Waals surface area contributed by atoms with Crippen LogP contribution in [0.15, 0.2) is 0 Å². The minimum atomic E-state index is 0.117. The van der Waals surface area contributed by atoms with Gasteiger partial charge >= 0.3 is 0 Å². The van der Waals surface area contributed by atoms with E-state index in [0.29, 0.717) is 11.8 Å². The van der Waals surface area contributed by atoms with Gasteiger partial charge in [0.15, 0.2) is 0 Å². The Labute approximate surface area is 116 Å². The molecule has 3 nitrogen and oxygen atoms in total. The van der Waals surface area contributed by atoms with Gasteiger partial charge in [0.2, 0.25) is 5.91 Å². The molecular formula is C16H28N2O. The Bertz CT molecular complexity index is 357. The minimum Gasteiger partial charge on any atom is -0.351 e. The van der Waals surface area contributed by atoms with Gasteiger partial charge < -0.3 is 11.1 Å². The Hall–Kier alpha value is -0.570. The van der Waals surface area contributed by atoms with Crippen LogP contribution in [0.5, 0.6) is 0 Å². The second kappa shape index (κ2) is 4.47. The zero-order chi connectivity index (χ0) is 13.7. The van der Waals surface area contributed by atoms with Crippen LogP contribution in [0.2, 0.25) is 0 Å². The van der Waals surface area contributed by atoms with E-state index >= 15 is 0 Å².